The highest BCUT2D eigenvalue weighted by molar-refractivity contribution is 7.15. The van der Waals surface area contributed by atoms with Gasteiger partial charge in [0, 0.05) is 5.56 Å². The number of hydrogen-bond donors (Lipinski definition) is 0. The maximum Gasteiger partial charge on any atom is 0.291 e. The van der Waals surface area contributed by atoms with E-state index in [0.717, 1.165) is 16.9 Å². The predicted molar refractivity (Wildman–Crippen MR) is 113 cm³/mol. The monoisotopic (exact) mass is 387 g/mol. The molecule has 4 aromatic rings. The number of fused-ring (bicyclic) bond motifs is 1. The minimum Gasteiger partial charge on any atom is -0.490 e. The first-order chi connectivity index (χ1) is 13.7. The molecular weight excluding hydrogens is 370 g/mol. The lowest BCUT2D eigenvalue weighted by Gasteiger charge is -2.02. The average molecular weight is 387 g/mol. The lowest BCUT2D eigenvalue weighted by Crippen LogP contribution is -2.23. The molecule has 0 saturated heterocycles. The number of aromatic nitrogens is 3. The fraction of sp³-hybridized carbons (Fsp3) is 0.0455. The maximum absolute atomic E-state index is 12.6. The Morgan fingerprint density at radius 3 is 2.61 bits per heavy atom. The molecule has 2 aromatic heterocycles. The number of benzene rings is 2. The number of nitrogens with zero attached hydrogens (tertiary/aromatic N) is 3. The minimum absolute atomic E-state index is 0.164. The number of hydrogen-bond acceptors (Lipinski definition) is 5. The van der Waals surface area contributed by atoms with Crippen LogP contribution in [0.4, 0.5) is 0 Å². The highest BCUT2D eigenvalue weighted by Crippen LogP contribution is 2.20. The molecule has 0 aliphatic carbocycles. The molecule has 0 radical (unpaired) electrons. The molecule has 0 aliphatic heterocycles. The maximum atomic E-state index is 12.6. The molecule has 138 valence electrons. The van der Waals surface area contributed by atoms with Crippen LogP contribution in [0.25, 0.3) is 28.5 Å². The molecular formula is C22H17N3O2S. The first-order valence-electron chi connectivity index (χ1n) is 8.72. The summed E-state index contributed by atoms with van der Waals surface area (Å²) in [5.41, 5.74) is 1.74. The Morgan fingerprint density at radius 1 is 1.11 bits per heavy atom. The fourth-order valence-electron chi connectivity index (χ4n) is 2.64. The van der Waals surface area contributed by atoms with Crippen molar-refractivity contribution < 1.29 is 4.74 Å². The lowest BCUT2D eigenvalue weighted by atomic mass is 10.2. The largest absolute Gasteiger partial charge is 0.490 e. The molecule has 0 atom stereocenters. The van der Waals surface area contributed by atoms with Crippen molar-refractivity contribution in [2.75, 3.05) is 6.61 Å². The van der Waals surface area contributed by atoms with Gasteiger partial charge in [0.05, 0.1) is 4.53 Å². The Kier molecular flexibility index (Phi) is 5.12. The third kappa shape index (κ3) is 3.77. The van der Waals surface area contributed by atoms with E-state index in [1.165, 1.54) is 15.9 Å². The van der Waals surface area contributed by atoms with Gasteiger partial charge in [-0.25, -0.2) is 0 Å². The van der Waals surface area contributed by atoms with Crippen LogP contribution in [0.3, 0.4) is 0 Å². The van der Waals surface area contributed by atoms with Crippen molar-refractivity contribution in [1.29, 1.82) is 0 Å². The summed E-state index contributed by atoms with van der Waals surface area (Å²) in [7, 11) is 0. The van der Waals surface area contributed by atoms with Crippen LogP contribution in [-0.2, 0) is 0 Å². The van der Waals surface area contributed by atoms with Gasteiger partial charge in [-0.1, -0.05) is 66.5 Å². The van der Waals surface area contributed by atoms with Crippen LogP contribution < -0.4 is 14.8 Å². The van der Waals surface area contributed by atoms with Gasteiger partial charge in [0.2, 0.25) is 4.96 Å². The molecule has 0 spiro atoms. The Hall–Kier alpha value is -3.51. The zero-order chi connectivity index (χ0) is 19.3. The van der Waals surface area contributed by atoms with E-state index in [0.29, 0.717) is 21.9 Å². The summed E-state index contributed by atoms with van der Waals surface area (Å²) in [4.78, 5) is 17.6. The summed E-state index contributed by atoms with van der Waals surface area (Å²) >= 11 is 1.32. The van der Waals surface area contributed by atoms with Crippen LogP contribution in [0.15, 0.2) is 78.1 Å². The van der Waals surface area contributed by atoms with Crippen molar-refractivity contribution >= 4 is 28.4 Å². The Labute approximate surface area is 165 Å². The number of rotatable bonds is 6. The van der Waals surface area contributed by atoms with Crippen LogP contribution in [0, 0.1) is 0 Å². The summed E-state index contributed by atoms with van der Waals surface area (Å²) in [6.45, 7) is 4.08. The summed E-state index contributed by atoms with van der Waals surface area (Å²) < 4.78 is 7.42. The molecule has 4 rings (SSSR count). The molecule has 0 fully saturated rings. The normalized spacial score (nSPS) is 12.1. The first-order valence-corrected chi connectivity index (χ1v) is 9.53. The van der Waals surface area contributed by atoms with E-state index in [2.05, 4.69) is 16.7 Å². The highest BCUT2D eigenvalue weighted by Gasteiger charge is 2.11. The van der Waals surface area contributed by atoms with Crippen LogP contribution >= 0.6 is 11.3 Å². The predicted octanol–water partition coefficient (Wildman–Crippen LogP) is 3.60. The summed E-state index contributed by atoms with van der Waals surface area (Å²) in [5.74, 6) is 1.27. The second-order valence-electron chi connectivity index (χ2n) is 5.96. The van der Waals surface area contributed by atoms with E-state index in [1.54, 1.807) is 12.2 Å². The lowest BCUT2D eigenvalue weighted by molar-refractivity contribution is 0.363. The molecule has 0 bridgehead atoms. The van der Waals surface area contributed by atoms with Crippen molar-refractivity contribution in [3.8, 4) is 17.1 Å². The molecule has 0 amide bonds. The molecule has 5 nitrogen and oxygen atoms in total. The van der Waals surface area contributed by atoms with Crippen molar-refractivity contribution in [1.82, 2.24) is 14.6 Å². The van der Waals surface area contributed by atoms with Gasteiger partial charge in [0.15, 0.2) is 5.82 Å². The minimum atomic E-state index is -0.164. The van der Waals surface area contributed by atoms with Crippen molar-refractivity contribution in [3.05, 3.63) is 93.8 Å². The first kappa shape index (κ1) is 17.9. The third-order valence-electron chi connectivity index (χ3n) is 4.00. The molecule has 0 N–H and O–H groups in total. The second kappa shape index (κ2) is 8.02. The standard InChI is InChI=1S/C22H17N3O2S/c1-2-15-27-18-13-11-17(12-14-18)20-23-22-25(24-20)21(26)19(28-22)10-6-9-16-7-4-3-5-8-16/h2-14H,1,15H2/b9-6+,19-10-. The van der Waals surface area contributed by atoms with Crippen LogP contribution in [-0.4, -0.2) is 21.2 Å². The van der Waals surface area contributed by atoms with Gasteiger partial charge in [-0.15, -0.1) is 5.10 Å². The van der Waals surface area contributed by atoms with E-state index < -0.39 is 0 Å². The molecule has 2 heterocycles. The van der Waals surface area contributed by atoms with Crippen LogP contribution in [0.2, 0.25) is 0 Å². The summed E-state index contributed by atoms with van der Waals surface area (Å²) in [6.07, 6.45) is 7.31. The van der Waals surface area contributed by atoms with E-state index >= 15 is 0 Å². The van der Waals surface area contributed by atoms with Crippen molar-refractivity contribution in [2.45, 2.75) is 0 Å². The molecule has 6 heteroatoms. The van der Waals surface area contributed by atoms with Crippen LogP contribution in [0.5, 0.6) is 5.75 Å². The van der Waals surface area contributed by atoms with E-state index in [9.17, 15) is 4.79 Å². The van der Waals surface area contributed by atoms with Gasteiger partial charge in [0.1, 0.15) is 12.4 Å². The zero-order valence-electron chi connectivity index (χ0n) is 15.0. The summed E-state index contributed by atoms with van der Waals surface area (Å²) in [6, 6.07) is 17.4. The highest BCUT2D eigenvalue weighted by atomic mass is 32.1. The van der Waals surface area contributed by atoms with Crippen molar-refractivity contribution in [3.63, 3.8) is 0 Å². The van der Waals surface area contributed by atoms with E-state index in [1.807, 2.05) is 66.7 Å². The average Bonchev–Trinajstić information content (AvgIpc) is 3.27. The fourth-order valence-corrected chi connectivity index (χ4v) is 3.50. The van der Waals surface area contributed by atoms with E-state index in [-0.39, 0.29) is 5.56 Å². The molecule has 28 heavy (non-hydrogen) atoms. The third-order valence-corrected chi connectivity index (χ3v) is 4.98. The van der Waals surface area contributed by atoms with Gasteiger partial charge in [-0.05, 0) is 35.9 Å². The summed E-state index contributed by atoms with van der Waals surface area (Å²) in [5, 5.41) is 4.36. The van der Waals surface area contributed by atoms with Crippen LogP contribution in [0.1, 0.15) is 5.56 Å². The molecule has 2 aromatic carbocycles. The Bertz CT molecular complexity index is 1240. The Balaban J connectivity index is 1.59. The smallest absolute Gasteiger partial charge is 0.291 e. The number of thiazole rings is 1. The van der Waals surface area contributed by atoms with Gasteiger partial charge in [-0.3, -0.25) is 4.79 Å². The number of ether oxygens (including phenoxy) is 1. The van der Waals surface area contributed by atoms with Gasteiger partial charge >= 0.3 is 0 Å². The van der Waals surface area contributed by atoms with E-state index in [4.69, 9.17) is 4.74 Å². The Morgan fingerprint density at radius 2 is 1.89 bits per heavy atom. The quantitative estimate of drug-likeness (QED) is 0.475. The number of allylic oxidation sites excluding steroid dienone is 1. The topological polar surface area (TPSA) is 56.5 Å². The second-order valence-corrected chi connectivity index (χ2v) is 6.97. The van der Waals surface area contributed by atoms with Crippen molar-refractivity contribution in [2.24, 2.45) is 0 Å². The zero-order valence-corrected chi connectivity index (χ0v) is 15.8. The van der Waals surface area contributed by atoms with Gasteiger partial charge in [-0.2, -0.15) is 9.50 Å². The SMILES string of the molecule is C=CCOc1ccc(-c2nc3s/c(=C\C=C\c4ccccc4)c(=O)n3n2)cc1. The molecule has 0 aliphatic rings. The van der Waals surface area contributed by atoms with Gasteiger partial charge < -0.3 is 4.74 Å². The molecule has 0 unspecified atom stereocenters. The van der Waals surface area contributed by atoms with Gasteiger partial charge in [0.25, 0.3) is 5.56 Å². The molecule has 0 saturated carbocycles.